The molecule has 0 N–H and O–H groups in total. The normalized spacial score (nSPS) is 11.5. The highest BCUT2D eigenvalue weighted by atomic mass is 15.5. The van der Waals surface area contributed by atoms with Crippen LogP contribution in [-0.4, -0.2) is 29.9 Å². The third-order valence-corrected chi connectivity index (χ3v) is 9.47. The summed E-state index contributed by atoms with van der Waals surface area (Å²) in [5.74, 6) is 1.85. The molecule has 51 heavy (non-hydrogen) atoms. The summed E-state index contributed by atoms with van der Waals surface area (Å²) >= 11 is 0. The van der Waals surface area contributed by atoms with Crippen molar-refractivity contribution in [3.05, 3.63) is 170 Å². The van der Waals surface area contributed by atoms with Crippen molar-refractivity contribution in [3.63, 3.8) is 0 Å². The molecule has 0 fully saturated rings. The molecule has 0 spiro atoms. The lowest BCUT2D eigenvalue weighted by atomic mass is 9.98. The number of benzene rings is 8. The lowest BCUT2D eigenvalue weighted by molar-refractivity contribution is 0.766. The molecular formula is C45H28N6. The topological polar surface area (TPSA) is 69.4 Å². The van der Waals surface area contributed by atoms with E-state index in [1.807, 2.05) is 66.7 Å². The van der Waals surface area contributed by atoms with Crippen LogP contribution in [-0.2, 0) is 0 Å². The Labute approximate surface area is 293 Å². The Morgan fingerprint density at radius 2 is 0.922 bits per heavy atom. The summed E-state index contributed by atoms with van der Waals surface area (Å²) in [6, 6.07) is 58.4. The number of fused-ring (bicyclic) bond motifs is 6. The first kappa shape index (κ1) is 28.9. The molecule has 0 bridgehead atoms. The van der Waals surface area contributed by atoms with Crippen LogP contribution >= 0.6 is 0 Å². The molecule has 0 aliphatic rings. The summed E-state index contributed by atoms with van der Waals surface area (Å²) in [5.41, 5.74) is 7.60. The van der Waals surface area contributed by atoms with Crippen molar-refractivity contribution in [2.75, 3.05) is 0 Å². The predicted octanol–water partition coefficient (Wildman–Crippen LogP) is 10.7. The van der Waals surface area contributed by atoms with Gasteiger partial charge in [0.1, 0.15) is 11.0 Å². The molecule has 10 aromatic rings. The van der Waals surface area contributed by atoms with Gasteiger partial charge in [-0.25, -0.2) is 15.0 Å². The van der Waals surface area contributed by atoms with E-state index >= 15 is 0 Å². The van der Waals surface area contributed by atoms with Gasteiger partial charge in [-0.1, -0.05) is 133 Å². The third kappa shape index (κ3) is 5.18. The Morgan fingerprint density at radius 3 is 1.75 bits per heavy atom. The van der Waals surface area contributed by atoms with Gasteiger partial charge in [0, 0.05) is 22.1 Å². The highest BCUT2D eigenvalue weighted by Crippen LogP contribution is 2.35. The summed E-state index contributed by atoms with van der Waals surface area (Å²) in [7, 11) is 0. The van der Waals surface area contributed by atoms with Crippen molar-refractivity contribution < 1.29 is 0 Å². The SMILES string of the molecule is c1ccc(-c2nc(-c3cccc(-c4ccc5ccccc5c4)c3)nc(-c3ccc4ccc5ccc6nn(-c7ccccc7)nc6c5c4c3)n2)cc1. The van der Waals surface area contributed by atoms with Crippen LogP contribution in [0.4, 0.5) is 0 Å². The highest BCUT2D eigenvalue weighted by Gasteiger charge is 2.16. The zero-order valence-electron chi connectivity index (χ0n) is 27.3. The lowest BCUT2D eigenvalue weighted by Gasteiger charge is -2.11. The second kappa shape index (κ2) is 11.8. The molecule has 8 aromatic carbocycles. The van der Waals surface area contributed by atoms with E-state index in [-0.39, 0.29) is 0 Å². The fourth-order valence-corrected chi connectivity index (χ4v) is 6.89. The molecule has 6 nitrogen and oxygen atoms in total. The zero-order chi connectivity index (χ0) is 33.7. The molecule has 0 saturated heterocycles. The minimum absolute atomic E-state index is 0.606. The van der Waals surface area contributed by atoms with Crippen molar-refractivity contribution in [1.82, 2.24) is 29.9 Å². The number of hydrogen-bond donors (Lipinski definition) is 0. The average molecular weight is 653 g/mol. The van der Waals surface area contributed by atoms with Gasteiger partial charge >= 0.3 is 0 Å². The minimum atomic E-state index is 0.606. The maximum absolute atomic E-state index is 5.12. The Hall–Kier alpha value is -7.05. The first-order valence-electron chi connectivity index (χ1n) is 16.9. The Kier molecular flexibility index (Phi) is 6.70. The smallest absolute Gasteiger partial charge is 0.164 e. The number of hydrogen-bond acceptors (Lipinski definition) is 5. The van der Waals surface area contributed by atoms with Crippen LogP contribution in [0.3, 0.4) is 0 Å². The van der Waals surface area contributed by atoms with Gasteiger partial charge in [-0.15, -0.1) is 10.2 Å². The van der Waals surface area contributed by atoms with E-state index in [0.29, 0.717) is 17.5 Å². The van der Waals surface area contributed by atoms with Gasteiger partial charge in [0.15, 0.2) is 17.5 Å². The standard InChI is InChI=1S/C45H28N6/c1-3-11-32(12-4-1)43-46-44(36-15-9-14-34(27-36)35-22-18-29-10-7-8-13-33(29)26-35)48-45(47-43)37-23-20-30-19-21-31-24-25-40-42(41(31)39(30)28-37)50-51(49-40)38-16-5-2-6-17-38/h1-28H. The molecule has 0 unspecified atom stereocenters. The molecule has 6 heteroatoms. The van der Waals surface area contributed by atoms with E-state index in [0.717, 1.165) is 66.1 Å². The molecule has 0 radical (unpaired) electrons. The molecule has 2 heterocycles. The maximum atomic E-state index is 5.12. The molecule has 238 valence electrons. The van der Waals surface area contributed by atoms with Crippen molar-refractivity contribution in [2.24, 2.45) is 0 Å². The van der Waals surface area contributed by atoms with Crippen LogP contribution in [0.25, 0.3) is 94.3 Å². The summed E-state index contributed by atoms with van der Waals surface area (Å²) in [5, 5.41) is 16.6. The highest BCUT2D eigenvalue weighted by molar-refractivity contribution is 6.18. The molecule has 2 aromatic heterocycles. The van der Waals surface area contributed by atoms with E-state index in [1.54, 1.807) is 4.80 Å². The number of para-hydroxylation sites is 1. The molecule has 10 rings (SSSR count). The molecule has 0 amide bonds. The first-order chi connectivity index (χ1) is 25.2. The van der Waals surface area contributed by atoms with Gasteiger partial charge in [-0.2, -0.15) is 4.80 Å². The van der Waals surface area contributed by atoms with Gasteiger partial charge in [-0.3, -0.25) is 0 Å². The summed E-state index contributed by atoms with van der Waals surface area (Å²) in [6.45, 7) is 0. The second-order valence-corrected chi connectivity index (χ2v) is 12.7. The van der Waals surface area contributed by atoms with Gasteiger partial charge in [-0.05, 0) is 74.5 Å². The first-order valence-corrected chi connectivity index (χ1v) is 16.9. The van der Waals surface area contributed by atoms with Gasteiger partial charge in [0.25, 0.3) is 0 Å². The predicted molar refractivity (Wildman–Crippen MR) is 207 cm³/mol. The van der Waals surface area contributed by atoms with Gasteiger partial charge < -0.3 is 0 Å². The van der Waals surface area contributed by atoms with E-state index in [2.05, 4.69) is 103 Å². The Morgan fingerprint density at radius 1 is 0.353 bits per heavy atom. The summed E-state index contributed by atoms with van der Waals surface area (Å²) in [4.78, 5) is 16.9. The molecule has 0 atom stereocenters. The van der Waals surface area contributed by atoms with E-state index < -0.39 is 0 Å². The molecule has 0 saturated carbocycles. The molecule has 0 aliphatic carbocycles. The maximum Gasteiger partial charge on any atom is 0.164 e. The van der Waals surface area contributed by atoms with Crippen LogP contribution in [0.5, 0.6) is 0 Å². The number of rotatable bonds is 5. The van der Waals surface area contributed by atoms with Crippen LogP contribution < -0.4 is 0 Å². The number of aromatic nitrogens is 6. The second-order valence-electron chi connectivity index (χ2n) is 12.7. The van der Waals surface area contributed by atoms with Crippen molar-refractivity contribution >= 4 is 43.4 Å². The monoisotopic (exact) mass is 652 g/mol. The van der Waals surface area contributed by atoms with Crippen molar-refractivity contribution in [1.29, 1.82) is 0 Å². The average Bonchev–Trinajstić information content (AvgIpc) is 3.66. The fourth-order valence-electron chi connectivity index (χ4n) is 6.89. The van der Waals surface area contributed by atoms with Crippen molar-refractivity contribution in [2.45, 2.75) is 0 Å². The summed E-state index contributed by atoms with van der Waals surface area (Å²) < 4.78 is 0. The van der Waals surface area contributed by atoms with E-state index in [1.165, 1.54) is 10.8 Å². The van der Waals surface area contributed by atoms with E-state index in [4.69, 9.17) is 25.1 Å². The quantitative estimate of drug-likeness (QED) is 0.173. The minimum Gasteiger partial charge on any atom is -0.208 e. The number of nitrogens with zero attached hydrogens (tertiary/aromatic N) is 6. The van der Waals surface area contributed by atoms with Crippen molar-refractivity contribution in [3.8, 4) is 51.0 Å². The molecule has 0 aliphatic heterocycles. The third-order valence-electron chi connectivity index (χ3n) is 9.47. The Bertz CT molecular complexity index is 2920. The zero-order valence-corrected chi connectivity index (χ0v) is 27.3. The van der Waals surface area contributed by atoms with Gasteiger partial charge in [0.2, 0.25) is 0 Å². The van der Waals surface area contributed by atoms with Gasteiger partial charge in [0.05, 0.1) is 5.69 Å². The summed E-state index contributed by atoms with van der Waals surface area (Å²) in [6.07, 6.45) is 0. The largest absolute Gasteiger partial charge is 0.208 e. The van der Waals surface area contributed by atoms with Crippen LogP contribution in [0.15, 0.2) is 170 Å². The lowest BCUT2D eigenvalue weighted by Crippen LogP contribution is -2.00. The Balaban J connectivity index is 1.14. The van der Waals surface area contributed by atoms with Crippen LogP contribution in [0, 0.1) is 0 Å². The van der Waals surface area contributed by atoms with Crippen LogP contribution in [0.2, 0.25) is 0 Å². The molecular weight excluding hydrogens is 625 g/mol. The van der Waals surface area contributed by atoms with E-state index in [9.17, 15) is 0 Å². The van der Waals surface area contributed by atoms with Crippen LogP contribution in [0.1, 0.15) is 0 Å². The fraction of sp³-hybridized carbons (Fsp3) is 0.